The number of rotatable bonds is 5. The normalized spacial score (nSPS) is 18.9. The molecule has 0 radical (unpaired) electrons. The zero-order chi connectivity index (χ0) is 25.8. The van der Waals surface area contributed by atoms with Crippen molar-refractivity contribution in [1.29, 1.82) is 0 Å². The monoisotopic (exact) mass is 508 g/mol. The molecule has 0 spiro atoms. The van der Waals surface area contributed by atoms with Crippen molar-refractivity contribution in [2.24, 2.45) is 0 Å². The van der Waals surface area contributed by atoms with Gasteiger partial charge in [-0.3, -0.25) is 0 Å². The molecule has 5 rings (SSSR count). The Balaban J connectivity index is 1.41. The first-order valence-corrected chi connectivity index (χ1v) is 11.2. The Morgan fingerprint density at radius 3 is 2.69 bits per heavy atom. The maximum absolute atomic E-state index is 14.5. The molecule has 2 unspecified atom stereocenters. The summed E-state index contributed by atoms with van der Waals surface area (Å²) in [6, 6.07) is 2.12. The van der Waals surface area contributed by atoms with Gasteiger partial charge in [-0.15, -0.1) is 0 Å². The summed E-state index contributed by atoms with van der Waals surface area (Å²) >= 11 is 0. The average molecular weight is 508 g/mol. The number of fused-ring (bicyclic) bond motifs is 3. The van der Waals surface area contributed by atoms with Crippen LogP contribution in [0.15, 0.2) is 30.7 Å². The number of imidazole rings is 1. The molecule has 1 N–H and O–H groups in total. The van der Waals surface area contributed by atoms with Gasteiger partial charge in [0.15, 0.2) is 11.6 Å². The summed E-state index contributed by atoms with van der Waals surface area (Å²) in [5, 5.41) is 3.01. The molecule has 0 bridgehead atoms. The lowest BCUT2D eigenvalue weighted by molar-refractivity contribution is -0.137. The lowest BCUT2D eigenvalue weighted by atomic mass is 9.97. The average Bonchev–Trinajstić information content (AvgIpc) is 3.43. The Morgan fingerprint density at radius 1 is 1.19 bits per heavy atom. The van der Waals surface area contributed by atoms with E-state index in [1.165, 1.54) is 13.0 Å². The van der Waals surface area contributed by atoms with Crippen LogP contribution in [0, 0.1) is 5.82 Å². The van der Waals surface area contributed by atoms with Crippen molar-refractivity contribution in [2.45, 2.75) is 51.1 Å². The molecule has 2 aromatic heterocycles. The lowest BCUT2D eigenvalue weighted by Gasteiger charge is -2.23. The standard InChI is InChI=1S/C23H21F5N6O2/c1-11(24)18-9-36-22(35)34(18)20-15(25)8-29-21(32-20)31-12(2)19-17-5-3-13-7-14(23(26,27)28)4-6-16(13)33(17)10-30-19/h4,6-8,10-12,18H,3,5,9H2,1-2H3,(H,29,31,32)/t11?,12?,18-/m1/s1. The van der Waals surface area contributed by atoms with Gasteiger partial charge in [0.2, 0.25) is 5.95 Å². The highest BCUT2D eigenvalue weighted by Crippen LogP contribution is 2.35. The molecule has 13 heteroatoms. The number of aromatic nitrogens is 4. The van der Waals surface area contributed by atoms with Gasteiger partial charge >= 0.3 is 12.3 Å². The van der Waals surface area contributed by atoms with E-state index in [2.05, 4.69) is 20.3 Å². The van der Waals surface area contributed by atoms with Crippen molar-refractivity contribution in [2.75, 3.05) is 16.8 Å². The quantitative estimate of drug-likeness (QED) is 0.500. The van der Waals surface area contributed by atoms with Gasteiger partial charge in [0.25, 0.3) is 0 Å². The molecular weight excluding hydrogens is 487 g/mol. The maximum Gasteiger partial charge on any atom is 0.416 e. The molecule has 3 aromatic rings. The Kier molecular flexibility index (Phi) is 5.80. The Morgan fingerprint density at radius 2 is 1.97 bits per heavy atom. The first-order chi connectivity index (χ1) is 17.0. The largest absolute Gasteiger partial charge is 0.447 e. The third-order valence-electron chi connectivity index (χ3n) is 6.34. The highest BCUT2D eigenvalue weighted by molar-refractivity contribution is 5.89. The number of carbonyl (C=O) groups is 1. The second-order valence-electron chi connectivity index (χ2n) is 8.71. The smallest absolute Gasteiger partial charge is 0.416 e. The van der Waals surface area contributed by atoms with Gasteiger partial charge in [0, 0.05) is 11.4 Å². The van der Waals surface area contributed by atoms with Gasteiger partial charge in [-0.05, 0) is 50.5 Å². The summed E-state index contributed by atoms with van der Waals surface area (Å²) in [5.74, 6) is -1.33. The van der Waals surface area contributed by atoms with E-state index in [4.69, 9.17) is 4.74 Å². The van der Waals surface area contributed by atoms with Crippen molar-refractivity contribution in [3.63, 3.8) is 0 Å². The van der Waals surface area contributed by atoms with Crippen molar-refractivity contribution in [3.8, 4) is 5.69 Å². The molecular formula is C23H21F5N6O2. The second kappa shape index (κ2) is 8.71. The van der Waals surface area contributed by atoms with Crippen molar-refractivity contribution >= 4 is 17.9 Å². The number of cyclic esters (lactones) is 1. The lowest BCUT2D eigenvalue weighted by Crippen LogP contribution is -2.40. The molecule has 1 amide bonds. The Labute approximate surface area is 202 Å². The molecule has 8 nitrogen and oxygen atoms in total. The predicted molar refractivity (Wildman–Crippen MR) is 118 cm³/mol. The van der Waals surface area contributed by atoms with E-state index in [1.807, 2.05) is 0 Å². The number of nitrogens with one attached hydrogen (secondary N) is 1. The third-order valence-corrected chi connectivity index (χ3v) is 6.34. The summed E-state index contributed by atoms with van der Waals surface area (Å²) in [4.78, 5) is 25.4. The number of alkyl halides is 4. The van der Waals surface area contributed by atoms with Crippen molar-refractivity contribution in [3.05, 3.63) is 59.1 Å². The number of anilines is 2. The van der Waals surface area contributed by atoms with E-state index in [0.29, 0.717) is 29.8 Å². The summed E-state index contributed by atoms with van der Waals surface area (Å²) in [6.45, 7) is 2.78. The fraction of sp³-hybridized carbons (Fsp3) is 0.391. The number of halogens is 5. The number of hydrogen-bond acceptors (Lipinski definition) is 6. The minimum Gasteiger partial charge on any atom is -0.447 e. The molecule has 4 heterocycles. The summed E-state index contributed by atoms with van der Waals surface area (Å²) in [7, 11) is 0. The summed E-state index contributed by atoms with van der Waals surface area (Å²) in [5.41, 5.74) is 1.91. The molecule has 190 valence electrons. The zero-order valence-electron chi connectivity index (χ0n) is 19.2. The fourth-order valence-electron chi connectivity index (χ4n) is 4.53. The van der Waals surface area contributed by atoms with Gasteiger partial charge in [-0.25, -0.2) is 28.4 Å². The van der Waals surface area contributed by atoms with Crippen LogP contribution in [0.5, 0.6) is 0 Å². The van der Waals surface area contributed by atoms with Crippen LogP contribution in [0.1, 0.15) is 42.4 Å². The highest BCUT2D eigenvalue weighted by atomic mass is 19.4. The molecule has 2 aliphatic rings. The zero-order valence-corrected chi connectivity index (χ0v) is 19.2. The van der Waals surface area contributed by atoms with E-state index in [-0.39, 0.29) is 12.6 Å². The summed E-state index contributed by atoms with van der Waals surface area (Å²) < 4.78 is 74.4. The molecule has 1 aromatic carbocycles. The van der Waals surface area contributed by atoms with E-state index in [1.54, 1.807) is 17.8 Å². The van der Waals surface area contributed by atoms with Crippen LogP contribution in [0.3, 0.4) is 0 Å². The summed E-state index contributed by atoms with van der Waals surface area (Å²) in [6.07, 6.45) is -3.53. The number of carbonyl (C=O) groups excluding carboxylic acids is 1. The van der Waals surface area contributed by atoms with Crippen LogP contribution in [-0.4, -0.2) is 44.4 Å². The Bertz CT molecular complexity index is 1320. The Hall–Kier alpha value is -3.77. The number of aryl methyl sites for hydroxylation is 1. The number of amides is 1. The van der Waals surface area contributed by atoms with Gasteiger partial charge < -0.3 is 14.6 Å². The SMILES string of the molecule is CC(Nc1ncc(F)c(N2C(=O)OC[C@@H]2C(C)F)n1)c1ncn2c1CCc1cc(C(F)(F)F)ccc1-2. The van der Waals surface area contributed by atoms with Crippen LogP contribution in [0.2, 0.25) is 0 Å². The number of hydrogen-bond donors (Lipinski definition) is 1. The van der Waals surface area contributed by atoms with E-state index >= 15 is 0 Å². The molecule has 0 saturated carbocycles. The van der Waals surface area contributed by atoms with E-state index in [9.17, 15) is 26.7 Å². The fourth-order valence-corrected chi connectivity index (χ4v) is 4.53. The van der Waals surface area contributed by atoms with Gasteiger partial charge in [0.1, 0.15) is 18.8 Å². The van der Waals surface area contributed by atoms with Gasteiger partial charge in [-0.1, -0.05) is 0 Å². The minimum absolute atomic E-state index is 0.0170. The number of ether oxygens (including phenoxy) is 1. The van der Waals surface area contributed by atoms with Gasteiger partial charge in [-0.2, -0.15) is 18.2 Å². The van der Waals surface area contributed by atoms with Crippen LogP contribution in [0.4, 0.5) is 38.5 Å². The molecule has 1 fully saturated rings. The molecule has 36 heavy (non-hydrogen) atoms. The van der Waals surface area contributed by atoms with Crippen LogP contribution < -0.4 is 10.2 Å². The van der Waals surface area contributed by atoms with E-state index < -0.39 is 47.7 Å². The van der Waals surface area contributed by atoms with Crippen LogP contribution in [-0.2, 0) is 23.8 Å². The maximum atomic E-state index is 14.5. The number of benzene rings is 1. The topological polar surface area (TPSA) is 85.2 Å². The molecule has 0 aliphatic carbocycles. The van der Waals surface area contributed by atoms with Crippen LogP contribution >= 0.6 is 0 Å². The van der Waals surface area contributed by atoms with Crippen molar-refractivity contribution in [1.82, 2.24) is 19.5 Å². The minimum atomic E-state index is -4.42. The molecule has 2 aliphatic heterocycles. The highest BCUT2D eigenvalue weighted by Gasteiger charge is 2.40. The first-order valence-electron chi connectivity index (χ1n) is 11.2. The predicted octanol–water partition coefficient (Wildman–Crippen LogP) is 4.78. The van der Waals surface area contributed by atoms with Gasteiger partial charge in [0.05, 0.1) is 29.8 Å². The second-order valence-corrected chi connectivity index (χ2v) is 8.71. The number of nitrogens with zero attached hydrogens (tertiary/aromatic N) is 5. The first kappa shape index (κ1) is 23.9. The molecule has 3 atom stereocenters. The van der Waals surface area contributed by atoms with E-state index in [0.717, 1.165) is 28.9 Å². The van der Waals surface area contributed by atoms with Crippen molar-refractivity contribution < 1.29 is 31.5 Å². The van der Waals surface area contributed by atoms with Crippen LogP contribution in [0.25, 0.3) is 5.69 Å². The molecule has 1 saturated heterocycles. The third kappa shape index (κ3) is 4.11.